The molecule has 0 saturated carbocycles. The van der Waals surface area contributed by atoms with Crippen LogP contribution in [0.2, 0.25) is 0 Å². The number of carbonyl (C=O) groups excluding carboxylic acids is 1. The van der Waals surface area contributed by atoms with Gasteiger partial charge in [0.25, 0.3) is 17.3 Å². The van der Waals surface area contributed by atoms with Gasteiger partial charge in [0.1, 0.15) is 10.5 Å². The number of nitrogens with zero attached hydrogens (tertiary/aromatic N) is 2. The fourth-order valence-electron chi connectivity index (χ4n) is 3.24. The Hall–Kier alpha value is -4.01. The van der Waals surface area contributed by atoms with Gasteiger partial charge in [0.2, 0.25) is 10.0 Å². The average molecular weight is 518 g/mol. The Labute approximate surface area is 202 Å². The number of nitrogens with two attached hydrogens (primary N) is 1. The molecule has 182 valence electrons. The number of H-pyrrole nitrogens is 1. The Morgan fingerprint density at radius 3 is 2.49 bits per heavy atom. The van der Waals surface area contributed by atoms with Crippen molar-refractivity contribution in [2.75, 3.05) is 14.2 Å². The van der Waals surface area contributed by atoms with E-state index < -0.39 is 27.2 Å². The van der Waals surface area contributed by atoms with Crippen molar-refractivity contribution in [2.24, 2.45) is 5.14 Å². The van der Waals surface area contributed by atoms with E-state index in [1.807, 2.05) is 0 Å². The van der Waals surface area contributed by atoms with Crippen LogP contribution in [0, 0.1) is 0 Å². The molecule has 4 rings (SSSR count). The molecular formula is C21H19N5O7S2. The van der Waals surface area contributed by atoms with Crippen LogP contribution in [-0.4, -0.2) is 43.1 Å². The Balaban J connectivity index is 1.61. The average Bonchev–Trinajstić information content (AvgIpc) is 3.26. The van der Waals surface area contributed by atoms with Gasteiger partial charge in [-0.3, -0.25) is 9.59 Å². The van der Waals surface area contributed by atoms with Crippen LogP contribution in [0.25, 0.3) is 16.0 Å². The van der Waals surface area contributed by atoms with Crippen molar-refractivity contribution < 1.29 is 22.7 Å². The first-order valence-electron chi connectivity index (χ1n) is 9.90. The highest BCUT2D eigenvalue weighted by Crippen LogP contribution is 2.25. The van der Waals surface area contributed by atoms with Gasteiger partial charge < -0.3 is 19.8 Å². The highest BCUT2D eigenvalue weighted by Gasteiger charge is 2.18. The summed E-state index contributed by atoms with van der Waals surface area (Å²) in [6.07, 6.45) is 0. The third-order valence-corrected chi connectivity index (χ3v) is 7.01. The molecule has 0 saturated heterocycles. The number of pyridine rings is 1. The van der Waals surface area contributed by atoms with Gasteiger partial charge in [-0.15, -0.1) is 11.3 Å². The molecule has 4 aromatic rings. The number of methoxy groups -OCH3 is 2. The monoisotopic (exact) mass is 517 g/mol. The van der Waals surface area contributed by atoms with Crippen LogP contribution >= 0.6 is 11.3 Å². The molecule has 35 heavy (non-hydrogen) atoms. The summed E-state index contributed by atoms with van der Waals surface area (Å²) in [5.41, 5.74) is -0.528. The number of rotatable bonds is 7. The Bertz CT molecular complexity index is 1650. The number of aromatic nitrogens is 3. The molecule has 0 bridgehead atoms. The number of nitrogens with one attached hydrogen (secondary N) is 2. The number of primary sulfonamides is 1. The van der Waals surface area contributed by atoms with Crippen molar-refractivity contribution in [3.05, 3.63) is 73.7 Å². The number of carbonyl (C=O) groups is 1. The molecule has 0 aliphatic rings. The molecule has 0 atom stereocenters. The fourth-order valence-corrected chi connectivity index (χ4v) is 4.71. The van der Waals surface area contributed by atoms with Crippen molar-refractivity contribution in [1.82, 2.24) is 19.9 Å². The summed E-state index contributed by atoms with van der Waals surface area (Å²) >= 11 is 0.913. The number of hydrogen-bond acceptors (Lipinski definition) is 9. The van der Waals surface area contributed by atoms with Crippen LogP contribution in [0.1, 0.15) is 15.2 Å². The molecule has 1 amide bonds. The van der Waals surface area contributed by atoms with Crippen LogP contribution in [0.5, 0.6) is 11.6 Å². The molecule has 0 radical (unpaired) electrons. The lowest BCUT2D eigenvalue weighted by atomic mass is 10.2. The quantitative estimate of drug-likeness (QED) is 0.321. The van der Waals surface area contributed by atoms with E-state index in [1.54, 1.807) is 0 Å². The maximum Gasteiger partial charge on any atom is 0.334 e. The van der Waals surface area contributed by atoms with Gasteiger partial charge in [-0.05, 0) is 35.9 Å². The lowest BCUT2D eigenvalue weighted by Gasteiger charge is -2.09. The third-order valence-electron chi connectivity index (χ3n) is 4.96. The maximum atomic E-state index is 13.1. The van der Waals surface area contributed by atoms with Gasteiger partial charge in [0, 0.05) is 6.54 Å². The van der Waals surface area contributed by atoms with Crippen molar-refractivity contribution in [1.29, 1.82) is 0 Å². The van der Waals surface area contributed by atoms with E-state index in [0.29, 0.717) is 11.3 Å². The minimum absolute atomic E-state index is 0.0261. The molecule has 0 aliphatic carbocycles. The van der Waals surface area contributed by atoms with Crippen LogP contribution in [0.15, 0.2) is 56.9 Å². The normalized spacial score (nSPS) is 11.4. The van der Waals surface area contributed by atoms with Gasteiger partial charge in [-0.25, -0.2) is 22.9 Å². The fraction of sp³-hybridized carbons (Fsp3) is 0.143. The second-order valence-electron chi connectivity index (χ2n) is 7.18. The number of sulfonamides is 1. The molecule has 3 aromatic heterocycles. The van der Waals surface area contributed by atoms with E-state index in [9.17, 15) is 22.8 Å². The molecule has 0 aliphatic heterocycles. The summed E-state index contributed by atoms with van der Waals surface area (Å²) in [5.74, 6) is -0.0215. The smallest absolute Gasteiger partial charge is 0.334 e. The van der Waals surface area contributed by atoms with E-state index >= 15 is 0 Å². The van der Waals surface area contributed by atoms with Gasteiger partial charge in [-0.2, -0.15) is 4.98 Å². The van der Waals surface area contributed by atoms with Crippen LogP contribution in [0.4, 0.5) is 0 Å². The van der Waals surface area contributed by atoms with Crippen LogP contribution in [-0.2, 0) is 16.6 Å². The Kier molecular flexibility index (Phi) is 6.43. The summed E-state index contributed by atoms with van der Waals surface area (Å²) in [6, 6.07) is 10.1. The second-order valence-corrected chi connectivity index (χ2v) is 9.79. The SMILES string of the molecule is COc1ccc(-n2c(=O)[nH]c3cc(C(=O)NCc4ccc(S(N)(=O)=O)cc4)sc3c2=O)nc1OC. The van der Waals surface area contributed by atoms with E-state index in [4.69, 9.17) is 14.6 Å². The largest absolute Gasteiger partial charge is 0.491 e. The van der Waals surface area contributed by atoms with Crippen molar-refractivity contribution in [3.63, 3.8) is 0 Å². The molecule has 4 N–H and O–H groups in total. The van der Waals surface area contributed by atoms with Crippen LogP contribution in [0.3, 0.4) is 0 Å². The van der Waals surface area contributed by atoms with Crippen molar-refractivity contribution in [2.45, 2.75) is 11.4 Å². The standard InChI is InChI=1S/C21H19N5O7S2/c1-32-14-7-8-16(25-19(14)33-2)26-20(28)17-13(24-21(26)29)9-15(34-17)18(27)23-10-11-3-5-12(6-4-11)35(22,30)31/h3-9H,10H2,1-2H3,(H,23,27)(H,24,29)(H2,22,30,31). The number of aromatic amines is 1. The summed E-state index contributed by atoms with van der Waals surface area (Å²) < 4.78 is 34.0. The zero-order chi connectivity index (χ0) is 25.3. The lowest BCUT2D eigenvalue weighted by Crippen LogP contribution is -2.33. The number of hydrogen-bond donors (Lipinski definition) is 3. The number of amides is 1. The van der Waals surface area contributed by atoms with Gasteiger partial charge in [0.05, 0.1) is 29.5 Å². The molecular weight excluding hydrogens is 498 g/mol. The van der Waals surface area contributed by atoms with E-state index in [-0.39, 0.29) is 38.2 Å². The predicted molar refractivity (Wildman–Crippen MR) is 128 cm³/mol. The lowest BCUT2D eigenvalue weighted by molar-refractivity contribution is 0.0955. The number of benzene rings is 1. The molecule has 0 spiro atoms. The molecule has 0 unspecified atom stereocenters. The first-order chi connectivity index (χ1) is 16.6. The number of thiophene rings is 1. The summed E-state index contributed by atoms with van der Waals surface area (Å²) in [6.45, 7) is 0.105. The minimum atomic E-state index is -3.81. The molecule has 12 nitrogen and oxygen atoms in total. The molecule has 1 aromatic carbocycles. The number of fused-ring (bicyclic) bond motifs is 1. The number of ether oxygens (including phenoxy) is 2. The molecule has 14 heteroatoms. The Morgan fingerprint density at radius 2 is 1.86 bits per heavy atom. The minimum Gasteiger partial charge on any atom is -0.491 e. The van der Waals surface area contributed by atoms with Crippen molar-refractivity contribution in [3.8, 4) is 17.4 Å². The van der Waals surface area contributed by atoms with E-state index in [1.165, 1.54) is 56.7 Å². The van der Waals surface area contributed by atoms with Crippen molar-refractivity contribution >= 4 is 37.5 Å². The molecule has 3 heterocycles. The zero-order valence-electron chi connectivity index (χ0n) is 18.4. The third kappa shape index (κ3) is 4.80. The Morgan fingerprint density at radius 1 is 1.14 bits per heavy atom. The summed E-state index contributed by atoms with van der Waals surface area (Å²) in [4.78, 5) is 45.3. The van der Waals surface area contributed by atoms with Gasteiger partial charge >= 0.3 is 5.69 Å². The van der Waals surface area contributed by atoms with E-state index in [0.717, 1.165) is 15.9 Å². The summed E-state index contributed by atoms with van der Waals surface area (Å²) in [7, 11) is -1.00. The highest BCUT2D eigenvalue weighted by atomic mass is 32.2. The predicted octanol–water partition coefficient (Wildman–Crippen LogP) is 0.730. The topological polar surface area (TPSA) is 175 Å². The van der Waals surface area contributed by atoms with E-state index in [2.05, 4.69) is 15.3 Å². The second kappa shape index (κ2) is 9.32. The first kappa shape index (κ1) is 24.1. The zero-order valence-corrected chi connectivity index (χ0v) is 20.0. The summed E-state index contributed by atoms with van der Waals surface area (Å²) in [5, 5.41) is 7.77. The maximum absolute atomic E-state index is 13.1. The van der Waals surface area contributed by atoms with Crippen LogP contribution < -0.4 is 31.2 Å². The van der Waals surface area contributed by atoms with Gasteiger partial charge in [0.15, 0.2) is 5.75 Å². The highest BCUT2D eigenvalue weighted by molar-refractivity contribution is 7.89. The first-order valence-corrected chi connectivity index (χ1v) is 12.3. The molecule has 0 fully saturated rings. The van der Waals surface area contributed by atoms with Gasteiger partial charge in [-0.1, -0.05) is 12.1 Å².